The van der Waals surface area contributed by atoms with Crippen molar-refractivity contribution in [2.24, 2.45) is 7.05 Å². The van der Waals surface area contributed by atoms with Gasteiger partial charge in [-0.25, -0.2) is 0 Å². The molecule has 0 saturated heterocycles. The van der Waals surface area contributed by atoms with Gasteiger partial charge in [-0.3, -0.25) is 9.48 Å². The van der Waals surface area contributed by atoms with Gasteiger partial charge in [0.2, 0.25) is 5.91 Å². The summed E-state index contributed by atoms with van der Waals surface area (Å²) >= 11 is 0. The first-order chi connectivity index (χ1) is 11.4. The molecule has 0 aliphatic carbocycles. The van der Waals surface area contributed by atoms with Crippen molar-refractivity contribution in [2.75, 3.05) is 18.5 Å². The highest BCUT2D eigenvalue weighted by atomic mass is 16.2. The van der Waals surface area contributed by atoms with Crippen LogP contribution < -0.4 is 4.90 Å². The topological polar surface area (TPSA) is 41.4 Å². The Morgan fingerprint density at radius 1 is 1.25 bits per heavy atom. The number of nitrogens with zero attached hydrogens (tertiary/aromatic N) is 4. The van der Waals surface area contributed by atoms with E-state index in [1.54, 1.807) is 0 Å². The number of fused-ring (bicyclic) bond motifs is 1. The van der Waals surface area contributed by atoms with Crippen LogP contribution in [0.3, 0.4) is 0 Å². The molecule has 0 saturated carbocycles. The molecule has 5 heteroatoms. The molecule has 1 aliphatic heterocycles. The van der Waals surface area contributed by atoms with Gasteiger partial charge in [0.15, 0.2) is 0 Å². The number of rotatable bonds is 2. The Hall–Kier alpha value is -2.30. The second kappa shape index (κ2) is 6.30. The molecule has 2 heterocycles. The molecule has 0 radical (unpaired) electrons. The lowest BCUT2D eigenvalue weighted by Crippen LogP contribution is -2.42. The maximum atomic E-state index is 13.0. The number of aryl methyl sites for hydroxylation is 2. The van der Waals surface area contributed by atoms with Crippen molar-refractivity contribution in [2.45, 2.75) is 39.8 Å². The van der Waals surface area contributed by atoms with Crippen LogP contribution in [-0.4, -0.2) is 40.2 Å². The van der Waals surface area contributed by atoms with Crippen LogP contribution in [0.4, 0.5) is 5.69 Å². The van der Waals surface area contributed by atoms with E-state index < -0.39 is 0 Å². The monoisotopic (exact) mass is 326 g/mol. The molecule has 1 unspecified atom stereocenters. The smallest absolute Gasteiger partial charge is 0.227 e. The molecule has 1 aliphatic rings. The summed E-state index contributed by atoms with van der Waals surface area (Å²) in [7, 11) is 4.02. The molecule has 1 aromatic carbocycles. The van der Waals surface area contributed by atoms with Gasteiger partial charge in [0.1, 0.15) is 0 Å². The molecule has 0 spiro atoms. The van der Waals surface area contributed by atoms with E-state index in [9.17, 15) is 4.79 Å². The van der Waals surface area contributed by atoms with Crippen molar-refractivity contribution in [3.63, 3.8) is 0 Å². The second-order valence-corrected chi connectivity index (χ2v) is 6.83. The second-order valence-electron chi connectivity index (χ2n) is 6.83. The van der Waals surface area contributed by atoms with E-state index in [1.165, 1.54) is 11.3 Å². The fourth-order valence-electron chi connectivity index (χ4n) is 3.61. The Morgan fingerprint density at radius 2 is 1.96 bits per heavy atom. The number of hydrogen-bond acceptors (Lipinski definition) is 3. The van der Waals surface area contributed by atoms with Crippen molar-refractivity contribution in [3.8, 4) is 0 Å². The zero-order valence-electron chi connectivity index (χ0n) is 15.2. The molecule has 0 bridgehead atoms. The largest absolute Gasteiger partial charge is 0.372 e. The molecular formula is C19H26N4O. The third-order valence-corrected chi connectivity index (χ3v) is 5.12. The molecule has 24 heavy (non-hydrogen) atoms. The van der Waals surface area contributed by atoms with Crippen LogP contribution in [0, 0.1) is 13.8 Å². The molecule has 128 valence electrons. The number of anilines is 1. The van der Waals surface area contributed by atoms with Crippen molar-refractivity contribution in [1.82, 2.24) is 14.7 Å². The van der Waals surface area contributed by atoms with E-state index in [2.05, 4.69) is 42.2 Å². The summed E-state index contributed by atoms with van der Waals surface area (Å²) < 4.78 is 1.85. The van der Waals surface area contributed by atoms with Crippen LogP contribution in [0.5, 0.6) is 0 Å². The molecule has 2 aromatic rings. The molecule has 1 atom stereocenters. The van der Waals surface area contributed by atoms with Gasteiger partial charge in [0.05, 0.1) is 12.1 Å². The lowest BCUT2D eigenvalue weighted by atomic mass is 10.1. The highest BCUT2D eigenvalue weighted by Gasteiger charge is 2.27. The minimum atomic E-state index is 0.173. The lowest BCUT2D eigenvalue weighted by molar-refractivity contribution is -0.132. The normalized spacial score (nSPS) is 17.6. The first kappa shape index (κ1) is 16.6. The number of amides is 1. The van der Waals surface area contributed by atoms with Gasteiger partial charge in [0, 0.05) is 50.2 Å². The van der Waals surface area contributed by atoms with Crippen LogP contribution >= 0.6 is 0 Å². The van der Waals surface area contributed by atoms with E-state index in [0.29, 0.717) is 13.0 Å². The van der Waals surface area contributed by atoms with Gasteiger partial charge in [-0.2, -0.15) is 5.10 Å². The molecular weight excluding hydrogens is 300 g/mol. The summed E-state index contributed by atoms with van der Waals surface area (Å²) in [6.07, 6.45) is 0.418. The van der Waals surface area contributed by atoms with E-state index >= 15 is 0 Å². The van der Waals surface area contributed by atoms with Crippen LogP contribution in [-0.2, 0) is 24.8 Å². The minimum Gasteiger partial charge on any atom is -0.372 e. The third-order valence-electron chi connectivity index (χ3n) is 5.12. The third kappa shape index (κ3) is 2.90. The van der Waals surface area contributed by atoms with Crippen molar-refractivity contribution >= 4 is 11.6 Å². The lowest BCUT2D eigenvalue weighted by Gasteiger charge is -2.28. The van der Waals surface area contributed by atoms with Crippen molar-refractivity contribution < 1.29 is 4.79 Å². The Kier molecular flexibility index (Phi) is 4.35. The maximum Gasteiger partial charge on any atom is 0.227 e. The zero-order valence-corrected chi connectivity index (χ0v) is 15.2. The highest BCUT2D eigenvalue weighted by Crippen LogP contribution is 2.26. The summed E-state index contributed by atoms with van der Waals surface area (Å²) in [5, 5.41) is 4.43. The number of hydrogen-bond donors (Lipinski definition) is 0. The minimum absolute atomic E-state index is 0.173. The summed E-state index contributed by atoms with van der Waals surface area (Å²) in [6, 6.07) is 8.52. The number of carbonyl (C=O) groups excluding carboxylic acids is 1. The first-order valence-corrected chi connectivity index (χ1v) is 8.46. The fourth-order valence-corrected chi connectivity index (χ4v) is 3.61. The predicted octanol–water partition coefficient (Wildman–Crippen LogP) is 2.45. The average molecular weight is 326 g/mol. The molecule has 0 fully saturated rings. The van der Waals surface area contributed by atoms with E-state index in [-0.39, 0.29) is 11.9 Å². The summed E-state index contributed by atoms with van der Waals surface area (Å²) in [4.78, 5) is 17.3. The molecule has 1 amide bonds. The van der Waals surface area contributed by atoms with Crippen molar-refractivity contribution in [1.29, 1.82) is 0 Å². The Labute approximate surface area is 143 Å². The van der Waals surface area contributed by atoms with Crippen molar-refractivity contribution in [3.05, 3.63) is 46.8 Å². The van der Waals surface area contributed by atoms with E-state index in [1.807, 2.05) is 36.5 Å². The molecule has 5 nitrogen and oxygen atoms in total. The standard InChI is InChI=1S/C19H26N4O/c1-13-11-21(4)18-9-7-6-8-16(18)12-23(13)19(24)10-17-14(2)20-22(5)15(17)3/h6-9,13H,10-12H2,1-5H3. The Balaban J connectivity index is 1.87. The molecule has 0 N–H and O–H groups in total. The SMILES string of the molecule is Cc1nn(C)c(C)c1CC(=O)N1Cc2ccccc2N(C)CC1C. The number of benzene rings is 1. The predicted molar refractivity (Wildman–Crippen MR) is 96.1 cm³/mol. The highest BCUT2D eigenvalue weighted by molar-refractivity contribution is 5.80. The summed E-state index contributed by atoms with van der Waals surface area (Å²) in [5.74, 6) is 0.173. The summed E-state index contributed by atoms with van der Waals surface area (Å²) in [5.41, 5.74) is 5.50. The molecule has 3 rings (SSSR count). The number of para-hydroxylation sites is 1. The van der Waals surface area contributed by atoms with Crippen LogP contribution in [0.2, 0.25) is 0 Å². The van der Waals surface area contributed by atoms with Crippen LogP contribution in [0.15, 0.2) is 24.3 Å². The molecule has 1 aromatic heterocycles. The van der Waals surface area contributed by atoms with Gasteiger partial charge < -0.3 is 9.80 Å². The first-order valence-electron chi connectivity index (χ1n) is 8.46. The number of likely N-dealkylation sites (N-methyl/N-ethyl adjacent to an activating group) is 1. The van der Waals surface area contributed by atoms with Crippen LogP contribution in [0.25, 0.3) is 0 Å². The Morgan fingerprint density at radius 3 is 2.62 bits per heavy atom. The van der Waals surface area contributed by atoms with Gasteiger partial charge in [0.25, 0.3) is 0 Å². The number of aromatic nitrogens is 2. The van der Waals surface area contributed by atoms with E-state index in [0.717, 1.165) is 23.5 Å². The van der Waals surface area contributed by atoms with Gasteiger partial charge in [-0.15, -0.1) is 0 Å². The maximum absolute atomic E-state index is 13.0. The average Bonchev–Trinajstić information content (AvgIpc) is 2.70. The van der Waals surface area contributed by atoms with Gasteiger partial charge in [-0.05, 0) is 32.4 Å². The Bertz CT molecular complexity index is 765. The summed E-state index contributed by atoms with van der Waals surface area (Å²) in [6.45, 7) is 7.64. The van der Waals surface area contributed by atoms with E-state index in [4.69, 9.17) is 0 Å². The van der Waals surface area contributed by atoms with Crippen LogP contribution in [0.1, 0.15) is 29.4 Å². The quantitative estimate of drug-likeness (QED) is 0.851. The fraction of sp³-hybridized carbons (Fsp3) is 0.474. The van der Waals surface area contributed by atoms with Gasteiger partial charge in [-0.1, -0.05) is 18.2 Å². The van der Waals surface area contributed by atoms with Gasteiger partial charge >= 0.3 is 0 Å². The zero-order chi connectivity index (χ0) is 17.4. The number of carbonyl (C=O) groups is 1.